The van der Waals surface area contributed by atoms with Crippen LogP contribution in [0.3, 0.4) is 0 Å². The van der Waals surface area contributed by atoms with Crippen molar-refractivity contribution in [3.63, 3.8) is 0 Å². The quantitative estimate of drug-likeness (QED) is 0.766. The smallest absolute Gasteiger partial charge is 0.153 e. The number of aromatic hydroxyl groups is 1. The van der Waals surface area contributed by atoms with E-state index in [-0.39, 0.29) is 11.3 Å². The third kappa shape index (κ3) is 1.21. The van der Waals surface area contributed by atoms with Gasteiger partial charge in [0.15, 0.2) is 6.29 Å². The van der Waals surface area contributed by atoms with Gasteiger partial charge in [-0.05, 0) is 22.0 Å². The summed E-state index contributed by atoms with van der Waals surface area (Å²) in [6, 6.07) is 1.56. The maximum absolute atomic E-state index is 10.5. The van der Waals surface area contributed by atoms with Crippen LogP contribution in [0.1, 0.15) is 15.9 Å². The number of hydrogen-bond donors (Lipinski definition) is 1. The fourth-order valence-corrected chi connectivity index (χ4v) is 2.01. The van der Waals surface area contributed by atoms with Crippen molar-refractivity contribution in [2.45, 2.75) is 6.42 Å². The highest BCUT2D eigenvalue weighted by molar-refractivity contribution is 9.10. The van der Waals surface area contributed by atoms with Crippen LogP contribution in [-0.4, -0.2) is 18.0 Å². The standard InChI is InChI=1S/C9H7BrO3/c10-8-6-1-2-13-7(6)3-5(4-11)9(8)12/h3-4,12H,1-2H2. The van der Waals surface area contributed by atoms with Crippen molar-refractivity contribution in [2.24, 2.45) is 0 Å². The largest absolute Gasteiger partial charge is 0.506 e. The molecule has 0 radical (unpaired) electrons. The van der Waals surface area contributed by atoms with Gasteiger partial charge >= 0.3 is 0 Å². The molecule has 1 heterocycles. The van der Waals surface area contributed by atoms with Crippen LogP contribution in [0.15, 0.2) is 10.5 Å². The van der Waals surface area contributed by atoms with E-state index in [0.29, 0.717) is 23.1 Å². The van der Waals surface area contributed by atoms with Crippen LogP contribution < -0.4 is 4.74 Å². The molecule has 1 N–H and O–H groups in total. The zero-order valence-electron chi connectivity index (χ0n) is 6.71. The average molecular weight is 243 g/mol. The third-order valence-electron chi connectivity index (χ3n) is 2.07. The van der Waals surface area contributed by atoms with Gasteiger partial charge in [-0.2, -0.15) is 0 Å². The van der Waals surface area contributed by atoms with Crippen LogP contribution in [0.4, 0.5) is 0 Å². The van der Waals surface area contributed by atoms with E-state index in [1.54, 1.807) is 6.07 Å². The Bertz CT molecular complexity index is 374. The summed E-state index contributed by atoms with van der Waals surface area (Å²) in [5.41, 5.74) is 1.19. The first-order valence-electron chi connectivity index (χ1n) is 3.86. The Morgan fingerprint density at radius 2 is 2.38 bits per heavy atom. The monoisotopic (exact) mass is 242 g/mol. The summed E-state index contributed by atoms with van der Waals surface area (Å²) in [6.07, 6.45) is 1.38. The molecule has 1 aromatic rings. The Labute approximate surface area is 83.5 Å². The number of phenols is 1. The summed E-state index contributed by atoms with van der Waals surface area (Å²) in [6.45, 7) is 0.607. The normalized spacial score (nSPS) is 13.6. The zero-order chi connectivity index (χ0) is 9.42. The summed E-state index contributed by atoms with van der Waals surface area (Å²) in [4.78, 5) is 10.5. The Hall–Kier alpha value is -1.03. The van der Waals surface area contributed by atoms with E-state index < -0.39 is 0 Å². The molecule has 0 amide bonds. The van der Waals surface area contributed by atoms with Crippen molar-refractivity contribution in [1.82, 2.24) is 0 Å². The molecule has 0 bridgehead atoms. The zero-order valence-corrected chi connectivity index (χ0v) is 8.30. The van der Waals surface area contributed by atoms with E-state index in [0.717, 1.165) is 12.0 Å². The number of carbonyl (C=O) groups excluding carboxylic acids is 1. The summed E-state index contributed by atoms with van der Waals surface area (Å²) < 4.78 is 5.85. The molecular formula is C9H7BrO3. The van der Waals surface area contributed by atoms with Crippen molar-refractivity contribution < 1.29 is 14.6 Å². The molecule has 1 aliphatic heterocycles. The second-order valence-electron chi connectivity index (χ2n) is 2.82. The number of rotatable bonds is 1. The Morgan fingerprint density at radius 1 is 1.62 bits per heavy atom. The maximum atomic E-state index is 10.5. The van der Waals surface area contributed by atoms with Crippen LogP contribution in [0.25, 0.3) is 0 Å². The van der Waals surface area contributed by atoms with Gasteiger partial charge in [0.25, 0.3) is 0 Å². The molecule has 4 heteroatoms. The van der Waals surface area contributed by atoms with Crippen LogP contribution >= 0.6 is 15.9 Å². The molecule has 0 unspecified atom stereocenters. The minimum atomic E-state index is -0.000694. The van der Waals surface area contributed by atoms with Crippen molar-refractivity contribution in [2.75, 3.05) is 6.61 Å². The van der Waals surface area contributed by atoms with E-state index in [1.165, 1.54) is 0 Å². The molecular weight excluding hydrogens is 236 g/mol. The minimum absolute atomic E-state index is 0.000694. The fourth-order valence-electron chi connectivity index (χ4n) is 1.39. The lowest BCUT2D eigenvalue weighted by molar-refractivity contribution is 0.112. The Kier molecular flexibility index (Phi) is 2.00. The second-order valence-corrected chi connectivity index (χ2v) is 3.61. The average Bonchev–Trinajstić information content (AvgIpc) is 2.59. The van der Waals surface area contributed by atoms with E-state index in [4.69, 9.17) is 4.74 Å². The first-order chi connectivity index (χ1) is 6.24. The Morgan fingerprint density at radius 3 is 3.08 bits per heavy atom. The van der Waals surface area contributed by atoms with E-state index >= 15 is 0 Å². The topological polar surface area (TPSA) is 46.5 Å². The third-order valence-corrected chi connectivity index (χ3v) is 2.92. The van der Waals surface area contributed by atoms with Gasteiger partial charge in [0.05, 0.1) is 16.6 Å². The predicted octanol–water partition coefficient (Wildman–Crippen LogP) is 1.90. The number of phenolic OH excluding ortho intramolecular Hbond substituents is 1. The summed E-state index contributed by atoms with van der Waals surface area (Å²) in [5.74, 6) is 0.686. The first-order valence-corrected chi connectivity index (χ1v) is 4.65. The molecule has 1 aromatic carbocycles. The first kappa shape index (κ1) is 8.56. The molecule has 0 aliphatic carbocycles. The van der Waals surface area contributed by atoms with Gasteiger partial charge in [-0.3, -0.25) is 4.79 Å². The Balaban J connectivity index is 2.68. The molecule has 13 heavy (non-hydrogen) atoms. The minimum Gasteiger partial charge on any atom is -0.506 e. The summed E-state index contributed by atoms with van der Waals surface area (Å²) in [7, 11) is 0. The van der Waals surface area contributed by atoms with Gasteiger partial charge in [-0.1, -0.05) is 0 Å². The van der Waals surface area contributed by atoms with Gasteiger partial charge in [0.1, 0.15) is 11.5 Å². The number of aldehydes is 1. The van der Waals surface area contributed by atoms with E-state index in [2.05, 4.69) is 15.9 Å². The second kappa shape index (κ2) is 3.03. The molecule has 0 aromatic heterocycles. The van der Waals surface area contributed by atoms with Crippen LogP contribution in [0.2, 0.25) is 0 Å². The molecule has 0 fully saturated rings. The van der Waals surface area contributed by atoms with Crippen LogP contribution in [0, 0.1) is 0 Å². The molecule has 2 rings (SSSR count). The van der Waals surface area contributed by atoms with Gasteiger partial charge in [-0.15, -0.1) is 0 Å². The molecule has 1 aliphatic rings. The summed E-state index contributed by atoms with van der Waals surface area (Å²) in [5, 5.41) is 9.53. The molecule has 0 saturated carbocycles. The van der Waals surface area contributed by atoms with Crippen molar-refractivity contribution in [3.8, 4) is 11.5 Å². The number of carbonyl (C=O) groups is 1. The highest BCUT2D eigenvalue weighted by atomic mass is 79.9. The van der Waals surface area contributed by atoms with Crippen molar-refractivity contribution in [3.05, 3.63) is 21.7 Å². The van der Waals surface area contributed by atoms with Gasteiger partial charge < -0.3 is 9.84 Å². The lowest BCUT2D eigenvalue weighted by Gasteiger charge is -2.05. The molecule has 0 atom stereocenters. The number of ether oxygens (including phenoxy) is 1. The highest BCUT2D eigenvalue weighted by Crippen LogP contribution is 2.39. The van der Waals surface area contributed by atoms with Crippen LogP contribution in [0.5, 0.6) is 11.5 Å². The maximum Gasteiger partial charge on any atom is 0.153 e. The van der Waals surface area contributed by atoms with Gasteiger partial charge in [0, 0.05) is 12.0 Å². The van der Waals surface area contributed by atoms with Gasteiger partial charge in [-0.25, -0.2) is 0 Å². The van der Waals surface area contributed by atoms with E-state index in [1.807, 2.05) is 0 Å². The molecule has 0 saturated heterocycles. The number of benzene rings is 1. The molecule has 68 valence electrons. The number of hydrogen-bond acceptors (Lipinski definition) is 3. The number of fused-ring (bicyclic) bond motifs is 1. The molecule has 0 spiro atoms. The SMILES string of the molecule is O=Cc1cc2c(c(Br)c1O)CCO2. The predicted molar refractivity (Wildman–Crippen MR) is 50.4 cm³/mol. The number of halogens is 1. The van der Waals surface area contributed by atoms with Crippen molar-refractivity contribution >= 4 is 22.2 Å². The van der Waals surface area contributed by atoms with E-state index in [9.17, 15) is 9.90 Å². The lowest BCUT2D eigenvalue weighted by atomic mass is 10.1. The molecule has 3 nitrogen and oxygen atoms in total. The van der Waals surface area contributed by atoms with Crippen LogP contribution in [-0.2, 0) is 6.42 Å². The van der Waals surface area contributed by atoms with Crippen molar-refractivity contribution in [1.29, 1.82) is 0 Å². The lowest BCUT2D eigenvalue weighted by Crippen LogP contribution is -1.87. The summed E-state index contributed by atoms with van der Waals surface area (Å²) >= 11 is 3.23. The van der Waals surface area contributed by atoms with Gasteiger partial charge in [0.2, 0.25) is 0 Å². The fraction of sp³-hybridized carbons (Fsp3) is 0.222. The highest BCUT2D eigenvalue weighted by Gasteiger charge is 2.20.